The van der Waals surface area contributed by atoms with Crippen molar-refractivity contribution in [2.24, 2.45) is 0 Å². The fourth-order valence-electron chi connectivity index (χ4n) is 4.34. The van der Waals surface area contributed by atoms with Crippen LogP contribution in [0.2, 0.25) is 5.02 Å². The van der Waals surface area contributed by atoms with Gasteiger partial charge < -0.3 is 10.2 Å². The Labute approximate surface area is 180 Å². The number of benzene rings is 2. The first-order valence-electron chi connectivity index (χ1n) is 9.81. The zero-order valence-corrected chi connectivity index (χ0v) is 17.4. The monoisotopic (exact) mass is 423 g/mol. The quantitative estimate of drug-likeness (QED) is 0.746. The van der Waals surface area contributed by atoms with Gasteiger partial charge in [-0.15, -0.1) is 6.58 Å². The van der Waals surface area contributed by atoms with Crippen molar-refractivity contribution in [1.82, 2.24) is 10.2 Å². The van der Waals surface area contributed by atoms with Crippen molar-refractivity contribution in [1.29, 1.82) is 0 Å². The van der Waals surface area contributed by atoms with E-state index in [1.807, 2.05) is 19.1 Å². The van der Waals surface area contributed by atoms with Crippen LogP contribution < -0.4 is 10.2 Å². The number of fused-ring (bicyclic) bond motifs is 3. The lowest BCUT2D eigenvalue weighted by molar-refractivity contribution is -0.134. The molecule has 1 N–H and O–H groups in total. The number of rotatable bonds is 5. The summed E-state index contributed by atoms with van der Waals surface area (Å²) < 4.78 is 0. The number of para-hydroxylation sites is 1. The van der Waals surface area contributed by atoms with Crippen LogP contribution in [-0.4, -0.2) is 34.8 Å². The maximum absolute atomic E-state index is 13.7. The Morgan fingerprint density at radius 1 is 1.27 bits per heavy atom. The van der Waals surface area contributed by atoms with E-state index < -0.39 is 11.6 Å². The highest BCUT2D eigenvalue weighted by Gasteiger charge is 2.60. The third-order valence-corrected chi connectivity index (χ3v) is 5.98. The van der Waals surface area contributed by atoms with Crippen LogP contribution >= 0.6 is 11.6 Å². The average molecular weight is 424 g/mol. The molecule has 7 heteroatoms. The average Bonchev–Trinajstić information content (AvgIpc) is 3.09. The molecule has 2 aromatic carbocycles. The lowest BCUT2D eigenvalue weighted by atomic mass is 9.95. The van der Waals surface area contributed by atoms with Crippen LogP contribution in [0, 0.1) is 0 Å². The van der Waals surface area contributed by atoms with E-state index in [1.54, 1.807) is 42.5 Å². The lowest BCUT2D eigenvalue weighted by Crippen LogP contribution is -2.70. The van der Waals surface area contributed by atoms with Gasteiger partial charge in [-0.1, -0.05) is 41.9 Å². The fraction of sp³-hybridized carbons (Fsp3) is 0.261. The van der Waals surface area contributed by atoms with Crippen molar-refractivity contribution in [3.05, 3.63) is 77.3 Å². The Morgan fingerprint density at radius 3 is 2.77 bits per heavy atom. The first-order valence-corrected chi connectivity index (χ1v) is 10.2. The second-order valence-electron chi connectivity index (χ2n) is 7.52. The number of nitrogens with one attached hydrogen (secondary N) is 1. The molecule has 2 atom stereocenters. The van der Waals surface area contributed by atoms with Gasteiger partial charge in [0, 0.05) is 24.4 Å². The summed E-state index contributed by atoms with van der Waals surface area (Å²) in [6, 6.07) is 13.8. The van der Waals surface area contributed by atoms with Crippen molar-refractivity contribution in [2.45, 2.75) is 31.5 Å². The summed E-state index contributed by atoms with van der Waals surface area (Å²) in [6.45, 7) is 5.74. The topological polar surface area (TPSA) is 69.7 Å². The van der Waals surface area contributed by atoms with Crippen molar-refractivity contribution in [2.75, 3.05) is 11.4 Å². The highest BCUT2D eigenvalue weighted by Crippen LogP contribution is 2.44. The minimum absolute atomic E-state index is 0.149. The molecule has 0 bridgehead atoms. The highest BCUT2D eigenvalue weighted by molar-refractivity contribution is 6.30. The van der Waals surface area contributed by atoms with Gasteiger partial charge in [-0.2, -0.15) is 0 Å². The zero-order chi connectivity index (χ0) is 21.5. The van der Waals surface area contributed by atoms with E-state index in [0.717, 1.165) is 5.56 Å². The molecule has 2 aliphatic rings. The number of nitrogens with zero attached hydrogens (tertiary/aromatic N) is 2. The lowest BCUT2D eigenvalue weighted by Gasteiger charge is -2.49. The van der Waals surface area contributed by atoms with E-state index in [9.17, 15) is 14.4 Å². The number of carbonyl (C=O) groups is 3. The number of anilines is 1. The summed E-state index contributed by atoms with van der Waals surface area (Å²) in [6.07, 6.45) is 1.96. The molecule has 0 radical (unpaired) electrons. The van der Waals surface area contributed by atoms with Gasteiger partial charge in [-0.25, -0.2) is 0 Å². The van der Waals surface area contributed by atoms with Crippen LogP contribution in [0.3, 0.4) is 0 Å². The van der Waals surface area contributed by atoms with E-state index >= 15 is 0 Å². The maximum Gasteiger partial charge on any atom is 0.267 e. The number of halogens is 1. The summed E-state index contributed by atoms with van der Waals surface area (Å²) >= 11 is 6.09. The molecule has 2 aromatic rings. The highest BCUT2D eigenvalue weighted by atomic mass is 35.5. The standard InChI is InChI=1S/C23H22ClN3O3/c1-3-13-26-21(29)18-9-4-5-10-19(18)27-20(28)11-12-23(26,27)22(30)25-15(2)16-7-6-8-17(24)14-16/h3-10,14-15H,1,11-13H2,2H3,(H,25,30)/t15-,23+/m0/s1. The summed E-state index contributed by atoms with van der Waals surface area (Å²) in [5, 5.41) is 3.56. The Balaban J connectivity index is 1.78. The Morgan fingerprint density at radius 2 is 2.03 bits per heavy atom. The summed E-state index contributed by atoms with van der Waals surface area (Å²) in [4.78, 5) is 42.8. The van der Waals surface area contributed by atoms with E-state index in [0.29, 0.717) is 16.3 Å². The van der Waals surface area contributed by atoms with Gasteiger partial charge in [0.25, 0.3) is 11.8 Å². The second-order valence-corrected chi connectivity index (χ2v) is 7.95. The van der Waals surface area contributed by atoms with Gasteiger partial charge >= 0.3 is 0 Å². The summed E-state index contributed by atoms with van der Waals surface area (Å²) in [7, 11) is 0. The Bertz CT molecular complexity index is 1050. The van der Waals surface area contributed by atoms with Crippen molar-refractivity contribution < 1.29 is 14.4 Å². The first-order chi connectivity index (χ1) is 14.4. The maximum atomic E-state index is 13.7. The molecular weight excluding hydrogens is 402 g/mol. The van der Waals surface area contributed by atoms with Gasteiger partial charge in [-0.05, 0) is 36.8 Å². The Kier molecular flexibility index (Phi) is 5.12. The fourth-order valence-corrected chi connectivity index (χ4v) is 4.53. The van der Waals surface area contributed by atoms with E-state index in [-0.39, 0.29) is 37.2 Å². The molecule has 30 heavy (non-hydrogen) atoms. The van der Waals surface area contributed by atoms with Crippen LogP contribution in [-0.2, 0) is 9.59 Å². The normalized spacial score (nSPS) is 21.1. The molecule has 2 aliphatic heterocycles. The van der Waals surface area contributed by atoms with Crippen LogP contribution in [0.25, 0.3) is 0 Å². The predicted octanol–water partition coefficient (Wildman–Crippen LogP) is 3.68. The zero-order valence-electron chi connectivity index (χ0n) is 16.6. The molecule has 1 saturated heterocycles. The smallest absolute Gasteiger partial charge is 0.267 e. The van der Waals surface area contributed by atoms with Gasteiger partial charge in [-0.3, -0.25) is 19.3 Å². The van der Waals surface area contributed by atoms with Gasteiger partial charge in [0.05, 0.1) is 17.3 Å². The van der Waals surface area contributed by atoms with Crippen LogP contribution in [0.1, 0.15) is 41.7 Å². The van der Waals surface area contributed by atoms with E-state index in [2.05, 4.69) is 11.9 Å². The third-order valence-electron chi connectivity index (χ3n) is 5.75. The van der Waals surface area contributed by atoms with Gasteiger partial charge in [0.15, 0.2) is 0 Å². The largest absolute Gasteiger partial charge is 0.346 e. The molecule has 0 spiro atoms. The van der Waals surface area contributed by atoms with Crippen LogP contribution in [0.15, 0.2) is 61.2 Å². The van der Waals surface area contributed by atoms with Crippen LogP contribution in [0.5, 0.6) is 0 Å². The van der Waals surface area contributed by atoms with E-state index in [4.69, 9.17) is 11.6 Å². The molecule has 0 aliphatic carbocycles. The molecule has 6 nitrogen and oxygen atoms in total. The molecule has 1 fully saturated rings. The molecule has 4 rings (SSSR count). The van der Waals surface area contributed by atoms with E-state index in [1.165, 1.54) is 9.80 Å². The van der Waals surface area contributed by atoms with Crippen molar-refractivity contribution in [3.8, 4) is 0 Å². The molecule has 0 saturated carbocycles. The number of hydrogen-bond donors (Lipinski definition) is 1. The molecular formula is C23H22ClN3O3. The predicted molar refractivity (Wildman–Crippen MR) is 115 cm³/mol. The molecule has 0 aromatic heterocycles. The number of amides is 3. The minimum Gasteiger partial charge on any atom is -0.346 e. The SMILES string of the molecule is C=CCN1C(=O)c2ccccc2N2C(=O)CC[C@@]12C(=O)N[C@@H](C)c1cccc(Cl)c1. The third kappa shape index (κ3) is 2.99. The first kappa shape index (κ1) is 20.2. The second kappa shape index (κ2) is 7.61. The molecule has 2 heterocycles. The van der Waals surface area contributed by atoms with Gasteiger partial charge in [0.2, 0.25) is 11.6 Å². The molecule has 0 unspecified atom stereocenters. The molecule has 3 amide bonds. The summed E-state index contributed by atoms with van der Waals surface area (Å²) in [5.41, 5.74) is 0.279. The minimum atomic E-state index is -1.43. The van der Waals surface area contributed by atoms with Gasteiger partial charge in [0.1, 0.15) is 0 Å². The van der Waals surface area contributed by atoms with Crippen LogP contribution in [0.4, 0.5) is 5.69 Å². The summed E-state index contributed by atoms with van der Waals surface area (Å²) in [5.74, 6) is -0.873. The molecule has 154 valence electrons. The van der Waals surface area contributed by atoms with Crippen molar-refractivity contribution >= 4 is 35.0 Å². The number of hydrogen-bond acceptors (Lipinski definition) is 3. The number of carbonyl (C=O) groups excluding carboxylic acids is 3. The van der Waals surface area contributed by atoms with Crippen molar-refractivity contribution in [3.63, 3.8) is 0 Å². The Hall–Kier alpha value is -3.12.